The van der Waals surface area contributed by atoms with Gasteiger partial charge in [0.25, 0.3) is 0 Å². The van der Waals surface area contributed by atoms with Crippen LogP contribution in [-0.4, -0.2) is 37.4 Å². The number of likely N-dealkylation sites (tertiary alicyclic amines) is 1. The molecule has 0 aromatic heterocycles. The molecule has 2 heterocycles. The molecule has 0 saturated carbocycles. The molecule has 1 aromatic rings. The molecule has 0 amide bonds. The summed E-state index contributed by atoms with van der Waals surface area (Å²) in [7, 11) is 0. The zero-order chi connectivity index (χ0) is 16.1. The van der Waals surface area contributed by atoms with E-state index in [1.165, 1.54) is 31.4 Å². The molecule has 3 rings (SSSR count). The van der Waals surface area contributed by atoms with E-state index in [1.807, 2.05) is 0 Å². The molecule has 23 heavy (non-hydrogen) atoms. The van der Waals surface area contributed by atoms with E-state index in [0.717, 1.165) is 37.9 Å². The Hall–Kier alpha value is -1.01. The molecular weight excluding hydrogens is 295 g/mol. The van der Waals surface area contributed by atoms with Gasteiger partial charge in [0.05, 0.1) is 19.4 Å². The van der Waals surface area contributed by atoms with Crippen molar-refractivity contribution >= 4 is 0 Å². The summed E-state index contributed by atoms with van der Waals surface area (Å²) in [4.78, 5) is 2.38. The maximum Gasteiger partial charge on any atom is 0.194 e. The van der Waals surface area contributed by atoms with Gasteiger partial charge in [-0.2, -0.15) is 0 Å². The Morgan fingerprint density at radius 2 is 1.74 bits per heavy atom. The summed E-state index contributed by atoms with van der Waals surface area (Å²) < 4.78 is 24.9. The van der Waals surface area contributed by atoms with E-state index in [0.29, 0.717) is 13.2 Å². The van der Waals surface area contributed by atoms with Crippen LogP contribution in [0.15, 0.2) is 24.3 Å². The van der Waals surface area contributed by atoms with Gasteiger partial charge >= 0.3 is 0 Å². The molecule has 1 aromatic carbocycles. The van der Waals surface area contributed by atoms with Crippen LogP contribution in [0.3, 0.4) is 0 Å². The summed E-state index contributed by atoms with van der Waals surface area (Å²) in [6, 6.07) is 6.43. The highest BCUT2D eigenvalue weighted by molar-refractivity contribution is 5.21. The summed E-state index contributed by atoms with van der Waals surface area (Å²) in [6.07, 6.45) is 6.53. The third-order valence-electron chi connectivity index (χ3n) is 4.90. The second-order valence-corrected chi connectivity index (χ2v) is 6.51. The van der Waals surface area contributed by atoms with Gasteiger partial charge < -0.3 is 15.2 Å². The molecule has 2 fully saturated rings. The van der Waals surface area contributed by atoms with E-state index in [1.54, 1.807) is 12.1 Å². The fourth-order valence-electron chi connectivity index (χ4n) is 3.59. The molecule has 2 saturated heterocycles. The van der Waals surface area contributed by atoms with Gasteiger partial charge in [-0.05, 0) is 50.9 Å². The van der Waals surface area contributed by atoms with Crippen molar-refractivity contribution in [2.75, 3.05) is 26.3 Å². The minimum absolute atomic E-state index is 0.113. The molecule has 2 N–H and O–H groups in total. The van der Waals surface area contributed by atoms with Gasteiger partial charge in [-0.3, -0.25) is 4.90 Å². The van der Waals surface area contributed by atoms with Crippen LogP contribution < -0.4 is 5.73 Å². The highest BCUT2D eigenvalue weighted by Gasteiger charge is 2.38. The summed E-state index contributed by atoms with van der Waals surface area (Å²) >= 11 is 0. The normalized spacial score (nSPS) is 23.0. The van der Waals surface area contributed by atoms with E-state index in [2.05, 4.69) is 4.90 Å². The highest BCUT2D eigenvalue weighted by Crippen LogP contribution is 2.36. The zero-order valence-corrected chi connectivity index (χ0v) is 13.7. The Balaban J connectivity index is 1.56. The monoisotopic (exact) mass is 322 g/mol. The van der Waals surface area contributed by atoms with Crippen molar-refractivity contribution in [1.82, 2.24) is 4.90 Å². The summed E-state index contributed by atoms with van der Waals surface area (Å²) in [5, 5.41) is 0. The lowest BCUT2D eigenvalue weighted by atomic mass is 9.98. The maximum absolute atomic E-state index is 13.2. The number of halogens is 1. The van der Waals surface area contributed by atoms with Gasteiger partial charge in [0.1, 0.15) is 5.82 Å². The molecule has 2 aliphatic heterocycles. The largest absolute Gasteiger partial charge is 0.343 e. The van der Waals surface area contributed by atoms with Crippen LogP contribution in [0, 0.1) is 5.82 Å². The number of nitrogens with zero attached hydrogens (tertiary/aromatic N) is 1. The lowest BCUT2D eigenvalue weighted by Gasteiger charge is -2.33. The van der Waals surface area contributed by atoms with Crippen molar-refractivity contribution in [2.45, 2.75) is 50.5 Å². The molecule has 0 bridgehead atoms. The first-order valence-electron chi connectivity index (χ1n) is 8.73. The molecule has 1 unspecified atom stereocenters. The van der Waals surface area contributed by atoms with Crippen molar-refractivity contribution in [3.63, 3.8) is 0 Å². The Kier molecular flexibility index (Phi) is 5.64. The van der Waals surface area contributed by atoms with Gasteiger partial charge in [-0.1, -0.05) is 18.6 Å². The van der Waals surface area contributed by atoms with E-state index in [4.69, 9.17) is 15.2 Å². The average molecular weight is 322 g/mol. The quantitative estimate of drug-likeness (QED) is 0.875. The van der Waals surface area contributed by atoms with Crippen molar-refractivity contribution in [2.24, 2.45) is 5.73 Å². The first-order valence-corrected chi connectivity index (χ1v) is 8.73. The number of hydrogen-bond donors (Lipinski definition) is 1. The van der Waals surface area contributed by atoms with Gasteiger partial charge in [-0.15, -0.1) is 0 Å². The second-order valence-electron chi connectivity index (χ2n) is 6.51. The van der Waals surface area contributed by atoms with Crippen molar-refractivity contribution < 1.29 is 13.9 Å². The number of benzene rings is 1. The van der Waals surface area contributed by atoms with E-state index >= 15 is 0 Å². The summed E-state index contributed by atoms with van der Waals surface area (Å²) in [5.41, 5.74) is 7.22. The number of ether oxygens (including phenoxy) is 2. The standard InChI is InChI=1S/C18H27FN2O2/c19-16-8-6-15(7-9-16)18(22-13-14-23-18)10-4-5-17(20)21-11-2-1-3-12-21/h6-9,17H,1-5,10-14,20H2. The minimum Gasteiger partial charge on any atom is -0.343 e. The Morgan fingerprint density at radius 1 is 1.09 bits per heavy atom. The molecule has 2 aliphatic rings. The third-order valence-corrected chi connectivity index (χ3v) is 4.90. The Morgan fingerprint density at radius 3 is 2.39 bits per heavy atom. The summed E-state index contributed by atoms with van der Waals surface area (Å²) in [5.74, 6) is -0.969. The van der Waals surface area contributed by atoms with Crippen LogP contribution >= 0.6 is 0 Å². The predicted octanol–water partition coefficient (Wildman–Crippen LogP) is 2.97. The molecule has 5 heteroatoms. The molecule has 4 nitrogen and oxygen atoms in total. The molecule has 0 radical (unpaired) electrons. The molecule has 128 valence electrons. The molecule has 0 aliphatic carbocycles. The van der Waals surface area contributed by atoms with Crippen LogP contribution in [0.4, 0.5) is 4.39 Å². The SMILES string of the molecule is NC(CCCC1(c2ccc(F)cc2)OCCO1)N1CCCCC1. The van der Waals surface area contributed by atoms with E-state index in [9.17, 15) is 4.39 Å². The lowest BCUT2D eigenvalue weighted by molar-refractivity contribution is -0.172. The summed E-state index contributed by atoms with van der Waals surface area (Å²) in [6.45, 7) is 3.37. The molecule has 0 spiro atoms. The zero-order valence-electron chi connectivity index (χ0n) is 13.7. The lowest BCUT2D eigenvalue weighted by Crippen LogP contribution is -2.45. The minimum atomic E-state index is -0.727. The van der Waals surface area contributed by atoms with Gasteiger partial charge in [-0.25, -0.2) is 4.39 Å². The number of rotatable bonds is 6. The number of nitrogens with two attached hydrogens (primary N) is 1. The third kappa shape index (κ3) is 4.10. The van der Waals surface area contributed by atoms with Crippen molar-refractivity contribution in [1.29, 1.82) is 0 Å². The Bertz CT molecular complexity index is 482. The molecular formula is C18H27FN2O2. The Labute approximate surface area is 137 Å². The van der Waals surface area contributed by atoms with Crippen molar-refractivity contribution in [3.8, 4) is 0 Å². The fraction of sp³-hybridized carbons (Fsp3) is 0.667. The van der Waals surface area contributed by atoms with E-state index in [-0.39, 0.29) is 12.0 Å². The van der Waals surface area contributed by atoms with Crippen LogP contribution in [0.1, 0.15) is 44.1 Å². The first kappa shape index (κ1) is 16.8. The van der Waals surface area contributed by atoms with Gasteiger partial charge in [0.15, 0.2) is 5.79 Å². The van der Waals surface area contributed by atoms with Gasteiger partial charge in [0, 0.05) is 12.0 Å². The first-order chi connectivity index (χ1) is 11.2. The maximum atomic E-state index is 13.2. The predicted molar refractivity (Wildman–Crippen MR) is 87.2 cm³/mol. The highest BCUT2D eigenvalue weighted by atomic mass is 19.1. The fourth-order valence-corrected chi connectivity index (χ4v) is 3.59. The van der Waals surface area contributed by atoms with Crippen molar-refractivity contribution in [3.05, 3.63) is 35.6 Å². The topological polar surface area (TPSA) is 47.7 Å². The number of piperidine rings is 1. The molecule has 1 atom stereocenters. The number of hydrogen-bond acceptors (Lipinski definition) is 4. The van der Waals surface area contributed by atoms with E-state index < -0.39 is 5.79 Å². The van der Waals surface area contributed by atoms with Gasteiger partial charge in [0.2, 0.25) is 0 Å². The second kappa shape index (κ2) is 7.71. The van der Waals surface area contributed by atoms with Crippen LogP contribution in [-0.2, 0) is 15.3 Å². The van der Waals surface area contributed by atoms with Crippen LogP contribution in [0.25, 0.3) is 0 Å². The smallest absolute Gasteiger partial charge is 0.194 e. The average Bonchev–Trinajstić information content (AvgIpc) is 3.06. The van der Waals surface area contributed by atoms with Crippen LogP contribution in [0.5, 0.6) is 0 Å². The van der Waals surface area contributed by atoms with Crippen LogP contribution in [0.2, 0.25) is 0 Å².